The molecule has 1 aliphatic heterocycles. The Bertz CT molecular complexity index is 1310. The summed E-state index contributed by atoms with van der Waals surface area (Å²) in [6.45, 7) is 3.66. The van der Waals surface area contributed by atoms with Gasteiger partial charge in [-0.2, -0.15) is 0 Å². The molecule has 0 unspecified atom stereocenters. The number of hydrogen-bond donors (Lipinski definition) is 0. The lowest BCUT2D eigenvalue weighted by molar-refractivity contribution is 0.0760. The van der Waals surface area contributed by atoms with Gasteiger partial charge in [-0.25, -0.2) is 4.39 Å². The molecule has 1 fully saturated rings. The number of ether oxygens (including phenoxy) is 1. The molecule has 5 nitrogen and oxygen atoms in total. The number of carbonyl (C=O) groups is 1. The van der Waals surface area contributed by atoms with Crippen molar-refractivity contribution in [3.63, 3.8) is 0 Å². The van der Waals surface area contributed by atoms with Crippen molar-refractivity contribution in [3.05, 3.63) is 89.9 Å². The topological polar surface area (TPSA) is 45.9 Å². The maximum atomic E-state index is 13.2. The van der Waals surface area contributed by atoms with Crippen molar-refractivity contribution in [2.45, 2.75) is 13.0 Å². The number of benzene rings is 3. The second kappa shape index (κ2) is 10.9. The summed E-state index contributed by atoms with van der Waals surface area (Å²) in [4.78, 5) is 17.0. The summed E-state index contributed by atoms with van der Waals surface area (Å²) in [5, 5.41) is 1.06. The fourth-order valence-electron chi connectivity index (χ4n) is 4.55. The smallest absolute Gasteiger partial charge is 0.253 e. The van der Waals surface area contributed by atoms with Crippen LogP contribution in [0.25, 0.3) is 22.1 Å². The van der Waals surface area contributed by atoms with Crippen LogP contribution in [0.5, 0.6) is 5.75 Å². The number of methoxy groups -OCH3 is 1. The summed E-state index contributed by atoms with van der Waals surface area (Å²) in [6.07, 6.45) is 0.880. The zero-order chi connectivity index (χ0) is 23.5. The highest BCUT2D eigenvalue weighted by atomic mass is 35.5. The van der Waals surface area contributed by atoms with Gasteiger partial charge in [0.25, 0.3) is 5.91 Å². The average molecular weight is 495 g/mol. The highest BCUT2D eigenvalue weighted by molar-refractivity contribution is 5.94. The van der Waals surface area contributed by atoms with Gasteiger partial charge in [0, 0.05) is 42.7 Å². The monoisotopic (exact) mass is 494 g/mol. The SMILES string of the molecule is COc1ccccc1-c1ccc2oc(CN3CCCN(C(=O)c4ccc(F)cc4)CC3)cc2c1.Cl. The molecule has 0 saturated carbocycles. The molecule has 0 N–H and O–H groups in total. The van der Waals surface area contributed by atoms with E-state index >= 15 is 0 Å². The van der Waals surface area contributed by atoms with Gasteiger partial charge in [0.1, 0.15) is 22.9 Å². The van der Waals surface area contributed by atoms with E-state index in [4.69, 9.17) is 9.15 Å². The number of amides is 1. The molecule has 0 bridgehead atoms. The van der Waals surface area contributed by atoms with E-state index in [0.29, 0.717) is 25.2 Å². The molecule has 35 heavy (non-hydrogen) atoms. The third kappa shape index (κ3) is 5.50. The molecule has 5 rings (SSSR count). The van der Waals surface area contributed by atoms with E-state index in [1.54, 1.807) is 19.2 Å². The Kier molecular flexibility index (Phi) is 7.73. The standard InChI is InChI=1S/C28H27FN2O3.ClH/c1-33-27-6-3-2-5-25(27)21-9-12-26-22(17-21)18-24(34-26)19-30-13-4-14-31(16-15-30)28(32)20-7-10-23(29)11-8-20;/h2-3,5-12,17-18H,4,13-16,19H2,1H3;1H. The van der Waals surface area contributed by atoms with E-state index in [1.807, 2.05) is 29.2 Å². The number of rotatable bonds is 5. The first kappa shape index (κ1) is 24.8. The minimum Gasteiger partial charge on any atom is -0.496 e. The molecule has 0 spiro atoms. The molecule has 1 amide bonds. The Balaban J connectivity index is 0.00000289. The van der Waals surface area contributed by atoms with E-state index in [2.05, 4.69) is 29.2 Å². The van der Waals surface area contributed by atoms with E-state index in [1.165, 1.54) is 12.1 Å². The second-order valence-corrected chi connectivity index (χ2v) is 8.59. The second-order valence-electron chi connectivity index (χ2n) is 8.59. The third-order valence-corrected chi connectivity index (χ3v) is 6.33. The van der Waals surface area contributed by atoms with Gasteiger partial charge < -0.3 is 14.1 Å². The quantitative estimate of drug-likeness (QED) is 0.340. The molecule has 2 heterocycles. The van der Waals surface area contributed by atoms with Crippen LogP contribution >= 0.6 is 12.4 Å². The van der Waals surface area contributed by atoms with Crippen molar-refractivity contribution in [1.82, 2.24) is 9.80 Å². The highest BCUT2D eigenvalue weighted by Gasteiger charge is 2.21. The first-order chi connectivity index (χ1) is 16.6. The largest absolute Gasteiger partial charge is 0.496 e. The van der Waals surface area contributed by atoms with E-state index < -0.39 is 0 Å². The van der Waals surface area contributed by atoms with Crippen molar-refractivity contribution < 1.29 is 18.3 Å². The van der Waals surface area contributed by atoms with Gasteiger partial charge in [0.2, 0.25) is 0 Å². The molecule has 0 radical (unpaired) electrons. The lowest BCUT2D eigenvalue weighted by Crippen LogP contribution is -2.35. The number of para-hydroxylation sites is 1. The number of fused-ring (bicyclic) bond motifs is 1. The fraction of sp³-hybridized carbons (Fsp3) is 0.250. The first-order valence-corrected chi connectivity index (χ1v) is 11.5. The summed E-state index contributed by atoms with van der Waals surface area (Å²) >= 11 is 0. The maximum absolute atomic E-state index is 13.2. The highest BCUT2D eigenvalue weighted by Crippen LogP contribution is 2.32. The van der Waals surface area contributed by atoms with Crippen LogP contribution in [0.4, 0.5) is 4.39 Å². The lowest BCUT2D eigenvalue weighted by Gasteiger charge is -2.21. The molecule has 1 aliphatic rings. The molecular weight excluding hydrogens is 467 g/mol. The van der Waals surface area contributed by atoms with Crippen LogP contribution in [-0.4, -0.2) is 49.0 Å². The Morgan fingerprint density at radius 3 is 2.57 bits per heavy atom. The molecule has 182 valence electrons. The number of hydrogen-bond acceptors (Lipinski definition) is 4. The van der Waals surface area contributed by atoms with E-state index in [0.717, 1.165) is 53.1 Å². The van der Waals surface area contributed by atoms with Crippen molar-refractivity contribution in [3.8, 4) is 16.9 Å². The van der Waals surface area contributed by atoms with E-state index in [9.17, 15) is 9.18 Å². The molecule has 0 atom stereocenters. The fourth-order valence-corrected chi connectivity index (χ4v) is 4.55. The molecule has 4 aromatic rings. The average Bonchev–Trinajstić information content (AvgIpc) is 3.12. The Morgan fingerprint density at radius 1 is 0.971 bits per heavy atom. The number of halogens is 2. The van der Waals surface area contributed by atoms with Crippen molar-refractivity contribution in [2.75, 3.05) is 33.3 Å². The van der Waals surface area contributed by atoms with Crippen molar-refractivity contribution >= 4 is 29.3 Å². The molecule has 1 saturated heterocycles. The van der Waals surface area contributed by atoms with Crippen molar-refractivity contribution in [2.24, 2.45) is 0 Å². The van der Waals surface area contributed by atoms with Crippen LogP contribution in [0.3, 0.4) is 0 Å². The predicted octanol–water partition coefficient (Wildman–Crippen LogP) is 6.02. The van der Waals surface area contributed by atoms with Crippen LogP contribution < -0.4 is 4.74 Å². The van der Waals surface area contributed by atoms with Crippen LogP contribution in [0.15, 0.2) is 77.2 Å². The summed E-state index contributed by atoms with van der Waals surface area (Å²) in [5.41, 5.74) is 3.52. The van der Waals surface area contributed by atoms with Gasteiger partial charge in [0.05, 0.1) is 13.7 Å². The number of nitrogens with zero attached hydrogens (tertiary/aromatic N) is 2. The van der Waals surface area contributed by atoms with Gasteiger partial charge in [-0.05, 0) is 60.5 Å². The molecule has 3 aromatic carbocycles. The summed E-state index contributed by atoms with van der Waals surface area (Å²) < 4.78 is 24.8. The van der Waals surface area contributed by atoms with Crippen LogP contribution in [0.1, 0.15) is 22.5 Å². The zero-order valence-electron chi connectivity index (χ0n) is 19.6. The predicted molar refractivity (Wildman–Crippen MR) is 138 cm³/mol. The summed E-state index contributed by atoms with van der Waals surface area (Å²) in [7, 11) is 1.68. The Hall–Kier alpha value is -3.35. The zero-order valence-corrected chi connectivity index (χ0v) is 20.4. The van der Waals surface area contributed by atoms with Gasteiger partial charge in [-0.15, -0.1) is 12.4 Å². The third-order valence-electron chi connectivity index (χ3n) is 6.33. The summed E-state index contributed by atoms with van der Waals surface area (Å²) in [6, 6.07) is 22.0. The molecule has 7 heteroatoms. The molecule has 1 aromatic heterocycles. The van der Waals surface area contributed by atoms with Gasteiger partial charge in [-0.3, -0.25) is 9.69 Å². The van der Waals surface area contributed by atoms with Crippen LogP contribution in [0, 0.1) is 5.82 Å². The number of furan rings is 1. The Labute approximate surface area is 210 Å². The summed E-state index contributed by atoms with van der Waals surface area (Å²) in [5.74, 6) is 1.37. The van der Waals surface area contributed by atoms with E-state index in [-0.39, 0.29) is 24.1 Å². The minimum atomic E-state index is -0.334. The number of carbonyl (C=O) groups excluding carboxylic acids is 1. The first-order valence-electron chi connectivity index (χ1n) is 11.5. The van der Waals surface area contributed by atoms with Crippen LogP contribution in [0.2, 0.25) is 0 Å². The molecular formula is C28H28ClFN2O3. The van der Waals surface area contributed by atoms with Gasteiger partial charge in [-0.1, -0.05) is 24.3 Å². The Morgan fingerprint density at radius 2 is 1.77 bits per heavy atom. The van der Waals surface area contributed by atoms with Crippen molar-refractivity contribution in [1.29, 1.82) is 0 Å². The minimum absolute atomic E-state index is 0. The normalized spacial score (nSPS) is 14.4. The van der Waals surface area contributed by atoms with Gasteiger partial charge in [0.15, 0.2) is 0 Å². The maximum Gasteiger partial charge on any atom is 0.253 e. The van der Waals surface area contributed by atoms with Crippen LogP contribution in [-0.2, 0) is 6.54 Å². The lowest BCUT2D eigenvalue weighted by atomic mass is 10.0. The molecule has 0 aliphatic carbocycles. The van der Waals surface area contributed by atoms with Gasteiger partial charge >= 0.3 is 0 Å².